The molecule has 0 aromatic rings. The zero-order valence-corrected chi connectivity index (χ0v) is 44.1. The fraction of sp³-hybridized carbons (Fsp3) is 0.847. The fourth-order valence-electron chi connectivity index (χ4n) is 9.03. The summed E-state index contributed by atoms with van der Waals surface area (Å²) in [6.07, 6.45) is 57.6. The number of hydrogen-bond donors (Lipinski definition) is 6. The number of amides is 1. The summed E-state index contributed by atoms with van der Waals surface area (Å²) in [5, 5.41) is 54.4. The van der Waals surface area contributed by atoms with E-state index in [0.29, 0.717) is 6.42 Å². The van der Waals surface area contributed by atoms with Crippen LogP contribution in [0.25, 0.3) is 0 Å². The van der Waals surface area contributed by atoms with Crippen molar-refractivity contribution in [1.29, 1.82) is 0 Å². The number of nitrogens with one attached hydrogen (secondary N) is 1. The van der Waals surface area contributed by atoms with Gasteiger partial charge in [-0.3, -0.25) is 4.79 Å². The Morgan fingerprint density at radius 3 is 1.35 bits per heavy atom. The molecular weight excluding hydrogens is 851 g/mol. The highest BCUT2D eigenvalue weighted by Crippen LogP contribution is 2.23. The van der Waals surface area contributed by atoms with Gasteiger partial charge < -0.3 is 40.3 Å². The van der Waals surface area contributed by atoms with E-state index in [1.165, 1.54) is 186 Å². The molecule has 0 bridgehead atoms. The van der Waals surface area contributed by atoms with Crippen molar-refractivity contribution in [3.63, 3.8) is 0 Å². The predicted molar refractivity (Wildman–Crippen MR) is 286 cm³/mol. The van der Waals surface area contributed by atoms with Crippen LogP contribution >= 0.6 is 0 Å². The standard InChI is InChI=1S/C59H109NO8/c1-3-5-7-9-11-13-15-17-19-21-22-23-24-25-26-27-28-29-30-31-33-34-36-38-40-42-44-46-48-53(62)52(51-67-59-58(66)57(65)56(64)54(50-61)68-59)60-55(63)49-47-45-43-41-39-37-35-32-20-18-16-14-12-10-8-6-4-2/h12,14,18,20,38,40,46,48,52-54,56-59,61-62,64-66H,3-11,13,15-17,19,21-37,39,41-45,47,49-51H2,1-2H3,(H,60,63)/b14-12-,20-18-,40-38+,48-46+. The SMILES string of the molecule is CCCCC/C=C\C/C=C\CCCCCCCCCC(=O)NC(COC1OC(CO)C(O)C(O)C1O)C(O)/C=C/CC/C=C/CCCCCCCCCCCCCCCCCCCCCCCC. The van der Waals surface area contributed by atoms with Gasteiger partial charge in [0.1, 0.15) is 24.4 Å². The molecule has 6 N–H and O–H groups in total. The number of ether oxygens (including phenoxy) is 2. The Morgan fingerprint density at radius 2 is 0.882 bits per heavy atom. The number of carbonyl (C=O) groups excluding carboxylic acids is 1. The number of aliphatic hydroxyl groups is 5. The van der Waals surface area contributed by atoms with Crippen molar-refractivity contribution in [3.8, 4) is 0 Å². The molecule has 0 aromatic heterocycles. The van der Waals surface area contributed by atoms with Crippen molar-refractivity contribution in [3.05, 3.63) is 48.6 Å². The van der Waals surface area contributed by atoms with Gasteiger partial charge in [0.25, 0.3) is 0 Å². The van der Waals surface area contributed by atoms with Gasteiger partial charge in [0.05, 0.1) is 25.4 Å². The Labute approximate surface area is 418 Å². The van der Waals surface area contributed by atoms with Crippen molar-refractivity contribution in [2.24, 2.45) is 0 Å². The van der Waals surface area contributed by atoms with Crippen LogP contribution in [-0.4, -0.2) is 87.5 Å². The second-order valence-corrected chi connectivity index (χ2v) is 20.1. The van der Waals surface area contributed by atoms with Crippen LogP contribution in [0.2, 0.25) is 0 Å². The lowest BCUT2D eigenvalue weighted by molar-refractivity contribution is -0.302. The maximum Gasteiger partial charge on any atom is 0.220 e. The molecule has 0 spiro atoms. The van der Waals surface area contributed by atoms with Crippen LogP contribution in [0.1, 0.15) is 264 Å². The third kappa shape index (κ3) is 37.9. The molecule has 68 heavy (non-hydrogen) atoms. The minimum absolute atomic E-state index is 0.194. The Morgan fingerprint density at radius 1 is 0.500 bits per heavy atom. The zero-order chi connectivity index (χ0) is 49.4. The third-order valence-electron chi connectivity index (χ3n) is 13.6. The minimum atomic E-state index is -1.57. The lowest BCUT2D eigenvalue weighted by Crippen LogP contribution is -2.60. The number of aliphatic hydroxyl groups excluding tert-OH is 5. The predicted octanol–water partition coefficient (Wildman–Crippen LogP) is 14.1. The molecule has 7 unspecified atom stereocenters. The van der Waals surface area contributed by atoms with Gasteiger partial charge in [0.15, 0.2) is 6.29 Å². The largest absolute Gasteiger partial charge is 0.394 e. The molecule has 1 heterocycles. The molecule has 1 saturated heterocycles. The van der Waals surface area contributed by atoms with E-state index < -0.39 is 49.5 Å². The molecule has 0 radical (unpaired) electrons. The molecule has 0 saturated carbocycles. The molecule has 1 amide bonds. The molecule has 398 valence electrons. The van der Waals surface area contributed by atoms with E-state index in [2.05, 4.69) is 55.6 Å². The average molecular weight is 961 g/mol. The molecule has 7 atom stereocenters. The first kappa shape index (κ1) is 64.2. The zero-order valence-electron chi connectivity index (χ0n) is 44.1. The van der Waals surface area contributed by atoms with Gasteiger partial charge in [-0.05, 0) is 64.2 Å². The van der Waals surface area contributed by atoms with Crippen LogP contribution in [-0.2, 0) is 14.3 Å². The minimum Gasteiger partial charge on any atom is -0.394 e. The first-order valence-corrected chi connectivity index (χ1v) is 28.9. The monoisotopic (exact) mass is 960 g/mol. The first-order valence-electron chi connectivity index (χ1n) is 28.9. The topological polar surface area (TPSA) is 149 Å². The van der Waals surface area contributed by atoms with Crippen LogP contribution in [0.3, 0.4) is 0 Å². The summed E-state index contributed by atoms with van der Waals surface area (Å²) in [4.78, 5) is 13.0. The summed E-state index contributed by atoms with van der Waals surface area (Å²) in [5.41, 5.74) is 0. The molecule has 1 rings (SSSR count). The number of carbonyl (C=O) groups is 1. The normalized spacial score (nSPS) is 19.9. The summed E-state index contributed by atoms with van der Waals surface area (Å²) in [6, 6.07) is -0.827. The van der Waals surface area contributed by atoms with Gasteiger partial charge in [-0.1, -0.05) is 242 Å². The molecule has 1 aliphatic rings. The van der Waals surface area contributed by atoms with Gasteiger partial charge >= 0.3 is 0 Å². The summed E-state index contributed by atoms with van der Waals surface area (Å²) < 4.78 is 11.2. The van der Waals surface area contributed by atoms with Crippen molar-refractivity contribution in [2.75, 3.05) is 13.2 Å². The Bertz CT molecular complexity index is 1210. The Hall–Kier alpha value is -1.85. The number of hydrogen-bond acceptors (Lipinski definition) is 8. The lowest BCUT2D eigenvalue weighted by atomic mass is 9.99. The molecule has 1 fully saturated rings. The number of allylic oxidation sites excluding steroid dienone is 7. The Balaban J connectivity index is 2.23. The highest BCUT2D eigenvalue weighted by atomic mass is 16.7. The van der Waals surface area contributed by atoms with E-state index in [9.17, 15) is 30.3 Å². The highest BCUT2D eigenvalue weighted by molar-refractivity contribution is 5.76. The molecule has 9 heteroatoms. The quantitative estimate of drug-likeness (QED) is 0.0261. The smallest absolute Gasteiger partial charge is 0.220 e. The van der Waals surface area contributed by atoms with Crippen molar-refractivity contribution in [2.45, 2.75) is 307 Å². The van der Waals surface area contributed by atoms with Crippen molar-refractivity contribution >= 4 is 5.91 Å². The van der Waals surface area contributed by atoms with Crippen LogP contribution in [0, 0.1) is 0 Å². The fourth-order valence-corrected chi connectivity index (χ4v) is 9.03. The summed E-state index contributed by atoms with van der Waals surface area (Å²) in [6.45, 7) is 3.75. The average Bonchev–Trinajstić information content (AvgIpc) is 3.34. The van der Waals surface area contributed by atoms with E-state index in [1.807, 2.05) is 6.08 Å². The van der Waals surface area contributed by atoms with Crippen LogP contribution in [0.4, 0.5) is 0 Å². The van der Waals surface area contributed by atoms with Gasteiger partial charge in [0, 0.05) is 6.42 Å². The first-order chi connectivity index (χ1) is 33.3. The summed E-state index contributed by atoms with van der Waals surface area (Å²) >= 11 is 0. The molecule has 0 aliphatic carbocycles. The third-order valence-corrected chi connectivity index (χ3v) is 13.6. The van der Waals surface area contributed by atoms with Gasteiger partial charge in [-0.2, -0.15) is 0 Å². The van der Waals surface area contributed by atoms with Crippen LogP contribution in [0.15, 0.2) is 48.6 Å². The van der Waals surface area contributed by atoms with Gasteiger partial charge in [0.2, 0.25) is 5.91 Å². The second-order valence-electron chi connectivity index (χ2n) is 20.1. The molecule has 1 aliphatic heterocycles. The summed E-state index contributed by atoms with van der Waals surface area (Å²) in [7, 11) is 0. The van der Waals surface area contributed by atoms with E-state index in [1.54, 1.807) is 6.08 Å². The van der Waals surface area contributed by atoms with Crippen molar-refractivity contribution in [1.82, 2.24) is 5.32 Å². The van der Waals surface area contributed by atoms with Gasteiger partial charge in [-0.15, -0.1) is 0 Å². The van der Waals surface area contributed by atoms with E-state index >= 15 is 0 Å². The van der Waals surface area contributed by atoms with Crippen LogP contribution < -0.4 is 5.32 Å². The summed E-state index contributed by atoms with van der Waals surface area (Å²) in [5.74, 6) is -0.194. The van der Waals surface area contributed by atoms with Crippen molar-refractivity contribution < 1.29 is 39.8 Å². The highest BCUT2D eigenvalue weighted by Gasteiger charge is 2.44. The Kier molecular flexibility index (Phi) is 46.0. The molecule has 9 nitrogen and oxygen atoms in total. The van der Waals surface area contributed by atoms with E-state index in [4.69, 9.17) is 9.47 Å². The number of unbranched alkanes of at least 4 members (excludes halogenated alkanes) is 33. The maximum atomic E-state index is 13.0. The van der Waals surface area contributed by atoms with Gasteiger partial charge in [-0.25, -0.2) is 0 Å². The maximum absolute atomic E-state index is 13.0. The molecule has 0 aromatic carbocycles. The van der Waals surface area contributed by atoms with Crippen LogP contribution in [0.5, 0.6) is 0 Å². The lowest BCUT2D eigenvalue weighted by Gasteiger charge is -2.40. The van der Waals surface area contributed by atoms with E-state index in [0.717, 1.165) is 57.8 Å². The second kappa shape index (κ2) is 48.8. The molecular formula is C59H109NO8. The van der Waals surface area contributed by atoms with E-state index in [-0.39, 0.29) is 12.5 Å². The number of rotatable bonds is 49.